The van der Waals surface area contributed by atoms with Crippen LogP contribution in [0.1, 0.15) is 44.6 Å². The maximum Gasteiger partial charge on any atom is 0.410 e. The van der Waals surface area contributed by atoms with Crippen molar-refractivity contribution in [3.8, 4) is 0 Å². The molecule has 0 spiro atoms. The molecular formula is C19H25FN2O3. The normalized spacial score (nSPS) is 21.4. The minimum Gasteiger partial charge on any atom is -0.442 e. The predicted octanol–water partition coefficient (Wildman–Crippen LogP) is 3.05. The Morgan fingerprint density at radius 3 is 2.60 bits per heavy atom. The van der Waals surface area contributed by atoms with Crippen molar-refractivity contribution in [1.82, 2.24) is 10.2 Å². The zero-order valence-electron chi connectivity index (χ0n) is 14.7. The molecule has 1 aromatic carbocycles. The van der Waals surface area contributed by atoms with Gasteiger partial charge in [-0.2, -0.15) is 0 Å². The van der Waals surface area contributed by atoms with Crippen LogP contribution >= 0.6 is 0 Å². The highest BCUT2D eigenvalue weighted by Crippen LogP contribution is 2.31. The maximum atomic E-state index is 13.1. The summed E-state index contributed by atoms with van der Waals surface area (Å²) in [6.45, 7) is 4.98. The van der Waals surface area contributed by atoms with E-state index in [-0.39, 0.29) is 35.8 Å². The van der Waals surface area contributed by atoms with Gasteiger partial charge in [0.2, 0.25) is 5.91 Å². The molecule has 136 valence electrons. The van der Waals surface area contributed by atoms with Gasteiger partial charge in [-0.3, -0.25) is 4.79 Å². The van der Waals surface area contributed by atoms with E-state index < -0.39 is 0 Å². The first-order chi connectivity index (χ1) is 11.9. The second-order valence-corrected chi connectivity index (χ2v) is 7.30. The number of nitrogens with zero attached hydrogens (tertiary/aromatic N) is 1. The van der Waals surface area contributed by atoms with Crippen LogP contribution in [-0.4, -0.2) is 42.1 Å². The second kappa shape index (κ2) is 7.42. The fourth-order valence-electron chi connectivity index (χ4n) is 3.28. The molecule has 3 rings (SSSR count). The number of hydrogen-bond donors (Lipinski definition) is 1. The molecule has 1 N–H and O–H groups in total. The summed E-state index contributed by atoms with van der Waals surface area (Å²) in [5.41, 5.74) is 0.957. The molecule has 1 aliphatic heterocycles. The Bertz CT molecular complexity index is 628. The van der Waals surface area contributed by atoms with Crippen LogP contribution in [-0.2, 0) is 9.53 Å². The Kier molecular flexibility index (Phi) is 5.25. The summed E-state index contributed by atoms with van der Waals surface area (Å²) in [6, 6.07) is 6.65. The molecule has 2 fully saturated rings. The van der Waals surface area contributed by atoms with Gasteiger partial charge in [-0.05, 0) is 42.4 Å². The lowest BCUT2D eigenvalue weighted by Crippen LogP contribution is -2.35. The van der Waals surface area contributed by atoms with Gasteiger partial charge in [-0.15, -0.1) is 0 Å². The molecular weight excluding hydrogens is 323 g/mol. The number of carbonyl (C=O) groups excluding carboxylic acids is 2. The number of carbonyl (C=O) groups is 2. The number of halogens is 1. The molecule has 2 aliphatic rings. The molecule has 2 unspecified atom stereocenters. The molecule has 1 aliphatic carbocycles. The molecule has 1 saturated heterocycles. The highest BCUT2D eigenvalue weighted by atomic mass is 19.1. The van der Waals surface area contributed by atoms with Gasteiger partial charge < -0.3 is 15.0 Å². The van der Waals surface area contributed by atoms with E-state index in [9.17, 15) is 14.0 Å². The lowest BCUT2D eigenvalue weighted by Gasteiger charge is -2.21. The van der Waals surface area contributed by atoms with Crippen molar-refractivity contribution in [3.05, 3.63) is 35.6 Å². The van der Waals surface area contributed by atoms with E-state index in [4.69, 9.17) is 4.74 Å². The van der Waals surface area contributed by atoms with Crippen LogP contribution in [0.4, 0.5) is 9.18 Å². The third kappa shape index (κ3) is 4.50. The number of rotatable bonds is 7. The first kappa shape index (κ1) is 17.7. The first-order valence-electron chi connectivity index (χ1n) is 8.93. The molecule has 2 amide bonds. The summed E-state index contributed by atoms with van der Waals surface area (Å²) < 4.78 is 18.4. The molecule has 0 bridgehead atoms. The average molecular weight is 348 g/mol. The SMILES string of the molecule is CC(C)C(CC(=O)NCC1CN(C2CC2)C(=O)O1)c1ccc(F)cc1. The number of benzene rings is 1. The van der Waals surface area contributed by atoms with Crippen molar-refractivity contribution >= 4 is 12.0 Å². The summed E-state index contributed by atoms with van der Waals surface area (Å²) in [4.78, 5) is 25.8. The van der Waals surface area contributed by atoms with E-state index >= 15 is 0 Å². The van der Waals surface area contributed by atoms with Gasteiger partial charge in [-0.1, -0.05) is 26.0 Å². The Morgan fingerprint density at radius 2 is 2.00 bits per heavy atom. The predicted molar refractivity (Wildman–Crippen MR) is 91.6 cm³/mol. The third-order valence-electron chi connectivity index (χ3n) is 4.93. The summed E-state index contributed by atoms with van der Waals surface area (Å²) in [6.07, 6.45) is 1.87. The Labute approximate surface area is 147 Å². The smallest absolute Gasteiger partial charge is 0.410 e. The van der Waals surface area contributed by atoms with Crippen LogP contribution < -0.4 is 5.32 Å². The topological polar surface area (TPSA) is 58.6 Å². The number of amides is 2. The van der Waals surface area contributed by atoms with Crippen LogP contribution in [0, 0.1) is 11.7 Å². The zero-order chi connectivity index (χ0) is 18.0. The van der Waals surface area contributed by atoms with Crippen LogP contribution in [0.5, 0.6) is 0 Å². The summed E-state index contributed by atoms with van der Waals surface area (Å²) in [7, 11) is 0. The van der Waals surface area contributed by atoms with Crippen LogP contribution in [0.2, 0.25) is 0 Å². The highest BCUT2D eigenvalue weighted by molar-refractivity contribution is 5.77. The molecule has 0 radical (unpaired) electrons. The minimum atomic E-state index is -0.279. The molecule has 1 saturated carbocycles. The third-order valence-corrected chi connectivity index (χ3v) is 4.93. The lowest BCUT2D eigenvalue weighted by molar-refractivity contribution is -0.122. The summed E-state index contributed by atoms with van der Waals surface area (Å²) in [5.74, 6) is -0.0801. The zero-order valence-corrected chi connectivity index (χ0v) is 14.7. The van der Waals surface area contributed by atoms with E-state index in [2.05, 4.69) is 5.32 Å². The number of cyclic esters (lactones) is 1. The van der Waals surface area contributed by atoms with Crippen molar-refractivity contribution in [1.29, 1.82) is 0 Å². The minimum absolute atomic E-state index is 0.0229. The average Bonchev–Trinajstić information content (AvgIpc) is 3.34. The lowest BCUT2D eigenvalue weighted by atomic mass is 9.85. The molecule has 2 atom stereocenters. The summed E-state index contributed by atoms with van der Waals surface area (Å²) in [5, 5.41) is 2.87. The fourth-order valence-corrected chi connectivity index (χ4v) is 3.28. The molecule has 25 heavy (non-hydrogen) atoms. The number of ether oxygens (including phenoxy) is 1. The Balaban J connectivity index is 1.50. The van der Waals surface area contributed by atoms with Gasteiger partial charge in [0.25, 0.3) is 0 Å². The number of nitrogens with one attached hydrogen (secondary N) is 1. The van der Waals surface area contributed by atoms with Crippen molar-refractivity contribution in [3.63, 3.8) is 0 Å². The highest BCUT2D eigenvalue weighted by Gasteiger charge is 2.40. The van der Waals surface area contributed by atoms with Crippen LogP contribution in [0.15, 0.2) is 24.3 Å². The van der Waals surface area contributed by atoms with Crippen molar-refractivity contribution < 1.29 is 18.7 Å². The Morgan fingerprint density at radius 1 is 1.32 bits per heavy atom. The van der Waals surface area contributed by atoms with Gasteiger partial charge >= 0.3 is 6.09 Å². The maximum absolute atomic E-state index is 13.1. The molecule has 1 heterocycles. The quantitative estimate of drug-likeness (QED) is 0.824. The van der Waals surface area contributed by atoms with Crippen LogP contribution in [0.25, 0.3) is 0 Å². The second-order valence-electron chi connectivity index (χ2n) is 7.30. The summed E-state index contributed by atoms with van der Waals surface area (Å²) >= 11 is 0. The molecule has 1 aromatic rings. The van der Waals surface area contributed by atoms with Crippen molar-refractivity contribution in [2.75, 3.05) is 13.1 Å². The largest absolute Gasteiger partial charge is 0.442 e. The first-order valence-corrected chi connectivity index (χ1v) is 8.93. The standard InChI is InChI=1S/C19H25FN2O3/c1-12(2)17(13-3-5-14(20)6-4-13)9-18(23)21-10-16-11-22(15-7-8-15)19(24)25-16/h3-6,12,15-17H,7-11H2,1-2H3,(H,21,23). The van der Waals surface area contributed by atoms with E-state index in [1.54, 1.807) is 17.0 Å². The van der Waals surface area contributed by atoms with Gasteiger partial charge in [0, 0.05) is 12.5 Å². The van der Waals surface area contributed by atoms with E-state index in [1.807, 2.05) is 13.8 Å². The molecule has 0 aromatic heterocycles. The van der Waals surface area contributed by atoms with Gasteiger partial charge in [0.05, 0.1) is 13.1 Å². The fraction of sp³-hybridized carbons (Fsp3) is 0.579. The van der Waals surface area contributed by atoms with Crippen LogP contribution in [0.3, 0.4) is 0 Å². The van der Waals surface area contributed by atoms with Crippen molar-refractivity contribution in [2.24, 2.45) is 5.92 Å². The van der Waals surface area contributed by atoms with E-state index in [0.717, 1.165) is 18.4 Å². The van der Waals surface area contributed by atoms with Gasteiger partial charge in [-0.25, -0.2) is 9.18 Å². The van der Waals surface area contributed by atoms with Crippen molar-refractivity contribution in [2.45, 2.75) is 51.2 Å². The van der Waals surface area contributed by atoms with Gasteiger partial charge in [0.1, 0.15) is 11.9 Å². The molecule has 5 nitrogen and oxygen atoms in total. The number of hydrogen-bond acceptors (Lipinski definition) is 3. The Hall–Kier alpha value is -2.11. The van der Waals surface area contributed by atoms with Gasteiger partial charge in [0.15, 0.2) is 0 Å². The monoisotopic (exact) mass is 348 g/mol. The van der Waals surface area contributed by atoms with E-state index in [1.165, 1.54) is 12.1 Å². The van der Waals surface area contributed by atoms with E-state index in [0.29, 0.717) is 25.6 Å². The molecule has 6 heteroatoms.